The highest BCUT2D eigenvalue weighted by molar-refractivity contribution is 5.92. The number of carbonyl (C=O) groups excluding carboxylic acids is 2. The number of halogens is 2. The summed E-state index contributed by atoms with van der Waals surface area (Å²) in [7, 11) is 0. The number of benzene rings is 1. The quantitative estimate of drug-likeness (QED) is 0.343. The van der Waals surface area contributed by atoms with Crippen LogP contribution in [0.3, 0.4) is 0 Å². The second-order valence-electron chi connectivity index (χ2n) is 11.7. The third-order valence-corrected chi connectivity index (χ3v) is 8.49. The number of aromatic nitrogens is 2. The van der Waals surface area contributed by atoms with Gasteiger partial charge >= 0.3 is 12.1 Å². The third kappa shape index (κ3) is 6.40. The fourth-order valence-electron chi connectivity index (χ4n) is 5.88. The minimum absolute atomic E-state index is 0.0361. The molecular formula is C31H33F2N5O7. The van der Waals surface area contributed by atoms with Crippen LogP contribution >= 0.6 is 0 Å². The van der Waals surface area contributed by atoms with Crippen LogP contribution in [0, 0.1) is 17.6 Å². The van der Waals surface area contributed by atoms with Gasteiger partial charge in [-0.15, -0.1) is 0 Å². The standard InChI is InChI=1S/C31H33F2N5O7/c1-17(39)34-14-21-15-38(31(43)45-21)20-4-5-26(24(32)12-20)44-11-8-18-6-9-36(10-7-18)29-25(33)13-22-27(40)23(30(41)42)16-37(19-2-3-19)28(22)35-29/h4-5,12-13,16,18-19,21H,2-3,6-11,14-15H2,1H3,(H,34,39)(H,41,42)/t21-/m0/s1. The summed E-state index contributed by atoms with van der Waals surface area (Å²) in [6, 6.07) is 5.40. The number of cyclic esters (lactones) is 1. The highest BCUT2D eigenvalue weighted by Crippen LogP contribution is 2.37. The summed E-state index contributed by atoms with van der Waals surface area (Å²) in [6.07, 6.45) is 3.95. The molecule has 3 aliphatic rings. The molecule has 1 saturated carbocycles. The number of nitrogens with one attached hydrogen (secondary N) is 1. The molecule has 1 aromatic carbocycles. The Morgan fingerprint density at radius 3 is 2.53 bits per heavy atom. The molecule has 3 fully saturated rings. The maximum absolute atomic E-state index is 15.2. The summed E-state index contributed by atoms with van der Waals surface area (Å²) in [4.78, 5) is 55.3. The van der Waals surface area contributed by atoms with E-state index in [1.165, 1.54) is 30.2 Å². The van der Waals surface area contributed by atoms with Gasteiger partial charge in [-0.2, -0.15) is 0 Å². The number of hydrogen-bond donors (Lipinski definition) is 2. The number of carbonyl (C=O) groups is 3. The Bertz CT molecular complexity index is 1720. The first-order chi connectivity index (χ1) is 21.6. The van der Waals surface area contributed by atoms with Crippen molar-refractivity contribution in [3.05, 3.63) is 57.9 Å². The Labute approximate surface area is 256 Å². The molecule has 6 rings (SSSR count). The average Bonchev–Trinajstić information content (AvgIpc) is 3.78. The molecule has 0 radical (unpaired) electrons. The molecule has 0 unspecified atom stereocenters. The summed E-state index contributed by atoms with van der Waals surface area (Å²) < 4.78 is 42.7. The minimum atomic E-state index is -1.35. The van der Waals surface area contributed by atoms with Crippen LogP contribution in [0.5, 0.6) is 5.75 Å². The molecule has 4 heterocycles. The molecule has 2 N–H and O–H groups in total. The van der Waals surface area contributed by atoms with Gasteiger partial charge in [-0.05, 0) is 56.2 Å². The molecule has 2 aliphatic heterocycles. The van der Waals surface area contributed by atoms with E-state index in [0.29, 0.717) is 30.8 Å². The van der Waals surface area contributed by atoms with Crippen LogP contribution in [0.4, 0.5) is 25.1 Å². The van der Waals surface area contributed by atoms with E-state index >= 15 is 4.39 Å². The van der Waals surface area contributed by atoms with E-state index < -0.39 is 40.8 Å². The van der Waals surface area contributed by atoms with Crippen LogP contribution < -0.4 is 25.3 Å². The van der Waals surface area contributed by atoms with Crippen molar-refractivity contribution in [1.29, 1.82) is 0 Å². The van der Waals surface area contributed by atoms with Gasteiger partial charge in [0, 0.05) is 38.3 Å². The number of nitrogens with zero attached hydrogens (tertiary/aromatic N) is 4. The van der Waals surface area contributed by atoms with E-state index in [9.17, 15) is 28.7 Å². The van der Waals surface area contributed by atoms with Crippen LogP contribution in [0.1, 0.15) is 55.4 Å². The molecular weight excluding hydrogens is 592 g/mol. The zero-order chi connectivity index (χ0) is 31.8. The second kappa shape index (κ2) is 12.3. The first kappa shape index (κ1) is 30.3. The SMILES string of the molecule is CC(=O)NC[C@H]1CN(c2ccc(OCCC3CCN(c4nc5c(cc4F)c(=O)c(C(=O)O)cn5C4CC4)CC3)c(F)c2)C(=O)O1. The zero-order valence-electron chi connectivity index (χ0n) is 24.6. The normalized spacial score (nSPS) is 18.7. The van der Waals surface area contributed by atoms with Crippen molar-refractivity contribution in [2.45, 2.75) is 51.2 Å². The Balaban J connectivity index is 1.04. The first-order valence-electron chi connectivity index (χ1n) is 15.0. The van der Waals surface area contributed by atoms with E-state index in [-0.39, 0.29) is 54.5 Å². The predicted molar refractivity (Wildman–Crippen MR) is 159 cm³/mol. The molecule has 238 valence electrons. The van der Waals surface area contributed by atoms with Crippen LogP contribution in [0.15, 0.2) is 35.3 Å². The fourth-order valence-corrected chi connectivity index (χ4v) is 5.88. The molecule has 45 heavy (non-hydrogen) atoms. The topological polar surface area (TPSA) is 143 Å². The van der Waals surface area contributed by atoms with Gasteiger partial charge in [0.2, 0.25) is 11.3 Å². The molecule has 1 aliphatic carbocycles. The summed E-state index contributed by atoms with van der Waals surface area (Å²) in [5, 5.41) is 12.0. The van der Waals surface area contributed by atoms with Crippen molar-refractivity contribution in [1.82, 2.24) is 14.9 Å². The Kier molecular flexibility index (Phi) is 8.30. The highest BCUT2D eigenvalue weighted by atomic mass is 19.1. The lowest BCUT2D eigenvalue weighted by molar-refractivity contribution is -0.119. The first-order valence-corrected chi connectivity index (χ1v) is 15.0. The van der Waals surface area contributed by atoms with Crippen LogP contribution in [-0.4, -0.2) is 71.5 Å². The summed E-state index contributed by atoms with van der Waals surface area (Å²) >= 11 is 0. The summed E-state index contributed by atoms with van der Waals surface area (Å²) in [6.45, 7) is 3.05. The van der Waals surface area contributed by atoms with Gasteiger partial charge in [0.05, 0.1) is 30.8 Å². The van der Waals surface area contributed by atoms with Crippen LogP contribution in [0.25, 0.3) is 11.0 Å². The molecule has 3 aromatic rings. The number of carboxylic acid groups (broad SMARTS) is 1. The van der Waals surface area contributed by atoms with Gasteiger partial charge in [0.15, 0.2) is 23.2 Å². The number of anilines is 2. The Morgan fingerprint density at radius 1 is 1.11 bits per heavy atom. The molecule has 2 aromatic heterocycles. The van der Waals surface area contributed by atoms with Gasteiger partial charge in [-0.25, -0.2) is 23.4 Å². The third-order valence-electron chi connectivity index (χ3n) is 8.49. The lowest BCUT2D eigenvalue weighted by atomic mass is 9.94. The van der Waals surface area contributed by atoms with Gasteiger partial charge < -0.3 is 29.4 Å². The van der Waals surface area contributed by atoms with Crippen molar-refractivity contribution in [3.8, 4) is 5.75 Å². The number of pyridine rings is 2. The van der Waals surface area contributed by atoms with E-state index in [1.807, 2.05) is 4.90 Å². The van der Waals surface area contributed by atoms with E-state index in [0.717, 1.165) is 31.7 Å². The number of rotatable bonds is 10. The molecule has 2 amide bonds. The lowest BCUT2D eigenvalue weighted by Crippen LogP contribution is -2.35. The predicted octanol–water partition coefficient (Wildman–Crippen LogP) is 3.85. The largest absolute Gasteiger partial charge is 0.491 e. The molecule has 2 saturated heterocycles. The van der Waals surface area contributed by atoms with Gasteiger partial charge in [-0.1, -0.05) is 0 Å². The second-order valence-corrected chi connectivity index (χ2v) is 11.7. The summed E-state index contributed by atoms with van der Waals surface area (Å²) in [5.74, 6) is -2.41. The molecule has 1 atom stereocenters. The number of fused-ring (bicyclic) bond motifs is 1. The van der Waals surface area contributed by atoms with E-state index in [4.69, 9.17) is 9.47 Å². The monoisotopic (exact) mass is 625 g/mol. The Hall–Kier alpha value is -4.75. The highest BCUT2D eigenvalue weighted by Gasteiger charge is 2.33. The van der Waals surface area contributed by atoms with Gasteiger partial charge in [-0.3, -0.25) is 14.5 Å². The molecule has 0 spiro atoms. The Morgan fingerprint density at radius 2 is 1.87 bits per heavy atom. The van der Waals surface area contributed by atoms with Crippen molar-refractivity contribution in [3.63, 3.8) is 0 Å². The van der Waals surface area contributed by atoms with Crippen LogP contribution in [-0.2, 0) is 9.53 Å². The van der Waals surface area contributed by atoms with Crippen LogP contribution in [0.2, 0.25) is 0 Å². The maximum atomic E-state index is 15.2. The lowest BCUT2D eigenvalue weighted by Gasteiger charge is -2.33. The number of ether oxygens (including phenoxy) is 2. The van der Waals surface area contributed by atoms with E-state index in [2.05, 4.69) is 10.3 Å². The van der Waals surface area contributed by atoms with Gasteiger partial charge in [0.25, 0.3) is 0 Å². The maximum Gasteiger partial charge on any atom is 0.414 e. The summed E-state index contributed by atoms with van der Waals surface area (Å²) in [5.41, 5.74) is -0.526. The minimum Gasteiger partial charge on any atom is -0.491 e. The smallest absolute Gasteiger partial charge is 0.414 e. The number of hydrogen-bond acceptors (Lipinski definition) is 8. The van der Waals surface area contributed by atoms with E-state index in [1.54, 1.807) is 10.6 Å². The van der Waals surface area contributed by atoms with Crippen molar-refractivity contribution in [2.75, 3.05) is 42.6 Å². The number of piperidine rings is 1. The van der Waals surface area contributed by atoms with Crippen molar-refractivity contribution in [2.24, 2.45) is 5.92 Å². The zero-order valence-corrected chi connectivity index (χ0v) is 24.6. The molecule has 14 heteroatoms. The fraction of sp³-hybridized carbons (Fsp3) is 0.452. The number of amides is 2. The average molecular weight is 626 g/mol. The molecule has 12 nitrogen and oxygen atoms in total. The van der Waals surface area contributed by atoms with Crippen molar-refractivity contribution >= 4 is 40.5 Å². The number of carboxylic acids is 1. The van der Waals surface area contributed by atoms with Gasteiger partial charge in [0.1, 0.15) is 17.3 Å². The van der Waals surface area contributed by atoms with Crippen molar-refractivity contribution < 1.29 is 37.7 Å². The molecule has 0 bridgehead atoms. The number of aromatic carboxylic acids is 1.